The van der Waals surface area contributed by atoms with Gasteiger partial charge in [0.25, 0.3) is 0 Å². The zero-order valence-corrected chi connectivity index (χ0v) is 17.8. The minimum atomic E-state index is 0.974. The van der Waals surface area contributed by atoms with Gasteiger partial charge in [0, 0.05) is 0 Å². The minimum absolute atomic E-state index is 0.974. The van der Waals surface area contributed by atoms with Gasteiger partial charge in [-0.3, -0.25) is 19.0 Å². The zero-order valence-electron chi connectivity index (χ0n) is 17.8. The molecule has 2 aromatic carbocycles. The summed E-state index contributed by atoms with van der Waals surface area (Å²) in [6.45, 7) is 16.2. The van der Waals surface area contributed by atoms with E-state index in [0.717, 1.165) is 52.4 Å². The van der Waals surface area contributed by atoms with Crippen LogP contribution in [0.15, 0.2) is 61.7 Å². The van der Waals surface area contributed by atoms with Crippen molar-refractivity contribution in [3.05, 3.63) is 83.9 Å². The van der Waals surface area contributed by atoms with Crippen molar-refractivity contribution in [2.24, 2.45) is 0 Å². The van der Waals surface area contributed by atoms with Crippen LogP contribution >= 0.6 is 0 Å². The summed E-state index contributed by atoms with van der Waals surface area (Å²) in [6, 6.07) is 17.4. The van der Waals surface area contributed by atoms with Gasteiger partial charge in [-0.15, -0.1) is 0 Å². The Kier molecular flexibility index (Phi) is 6.43. The van der Waals surface area contributed by atoms with Crippen LogP contribution in [-0.2, 0) is 13.1 Å². The van der Waals surface area contributed by atoms with Crippen LogP contribution in [-0.4, -0.2) is 70.9 Å². The van der Waals surface area contributed by atoms with Gasteiger partial charge in [0.15, 0.2) is 0 Å². The Hall–Kier alpha value is -3.14. The average molecular weight is 401 g/mol. The molecule has 4 rings (SSSR count). The number of hydrogen-bond donors (Lipinski definition) is 0. The third-order valence-electron chi connectivity index (χ3n) is 5.88. The number of nitrogens with zero attached hydrogens (tertiary/aromatic N) is 4. The maximum atomic E-state index is 3.82. The van der Waals surface area contributed by atoms with Gasteiger partial charge in [0.1, 0.15) is 52.4 Å². The highest BCUT2D eigenvalue weighted by Crippen LogP contribution is 2.10. The van der Waals surface area contributed by atoms with E-state index in [2.05, 4.69) is 93.3 Å². The standard InChI is InChI=1S/C26H32N4/c1-3-23-5-9-25(10-6-23)19-29-17-15-27(21-29)13-14-28-16-18-30(22-28)20-26-11-7-24(4-2)8-12-26/h3-12,21-22H,1-2,13-20H2/q+2. The third-order valence-corrected chi connectivity index (χ3v) is 5.88. The molecular formula is C26H32N4+2. The molecule has 0 spiro atoms. The van der Waals surface area contributed by atoms with Gasteiger partial charge in [-0.2, -0.15) is 0 Å². The smallest absolute Gasteiger partial charge is 0.234 e. The first kappa shape index (κ1) is 20.1. The molecule has 2 aliphatic rings. The molecule has 0 radical (unpaired) electrons. The van der Waals surface area contributed by atoms with E-state index in [1.54, 1.807) is 0 Å². The molecule has 2 aliphatic heterocycles. The topological polar surface area (TPSA) is 12.5 Å². The molecule has 0 aliphatic carbocycles. The summed E-state index contributed by atoms with van der Waals surface area (Å²) < 4.78 is 4.83. The second-order valence-electron chi connectivity index (χ2n) is 8.14. The maximum Gasteiger partial charge on any atom is 0.234 e. The Balaban J connectivity index is 1.24. The lowest BCUT2D eigenvalue weighted by molar-refractivity contribution is -0.530. The molecule has 0 saturated carbocycles. The average Bonchev–Trinajstić information content (AvgIpc) is 3.42. The van der Waals surface area contributed by atoms with Gasteiger partial charge >= 0.3 is 0 Å². The highest BCUT2D eigenvalue weighted by molar-refractivity contribution is 5.52. The van der Waals surface area contributed by atoms with Crippen molar-refractivity contribution in [1.29, 1.82) is 0 Å². The van der Waals surface area contributed by atoms with Crippen LogP contribution < -0.4 is 0 Å². The predicted octanol–water partition coefficient (Wildman–Crippen LogP) is 3.39. The summed E-state index contributed by atoms with van der Waals surface area (Å²) in [5.74, 6) is 0. The molecule has 0 bridgehead atoms. The Bertz CT molecular complexity index is 859. The summed E-state index contributed by atoms with van der Waals surface area (Å²) in [4.78, 5) is 4.89. The lowest BCUT2D eigenvalue weighted by atomic mass is 10.1. The monoisotopic (exact) mass is 400 g/mol. The van der Waals surface area contributed by atoms with Crippen molar-refractivity contribution in [3.8, 4) is 0 Å². The number of hydrogen-bond acceptors (Lipinski definition) is 2. The van der Waals surface area contributed by atoms with Crippen LogP contribution in [0.1, 0.15) is 22.3 Å². The molecule has 4 heteroatoms. The third kappa shape index (κ3) is 5.26. The fraction of sp³-hybridized carbons (Fsp3) is 0.308. The summed E-state index contributed by atoms with van der Waals surface area (Å²) in [6.07, 6.45) is 8.39. The van der Waals surface area contributed by atoms with E-state index in [9.17, 15) is 0 Å². The largest absolute Gasteiger partial charge is 0.260 e. The van der Waals surface area contributed by atoms with Crippen molar-refractivity contribution in [2.75, 3.05) is 39.3 Å². The van der Waals surface area contributed by atoms with Crippen LogP contribution in [0.2, 0.25) is 0 Å². The van der Waals surface area contributed by atoms with E-state index in [0.29, 0.717) is 0 Å². The molecule has 0 aromatic heterocycles. The van der Waals surface area contributed by atoms with E-state index in [1.165, 1.54) is 22.3 Å². The minimum Gasteiger partial charge on any atom is -0.260 e. The molecule has 0 saturated heterocycles. The van der Waals surface area contributed by atoms with Crippen molar-refractivity contribution >= 4 is 24.8 Å². The molecule has 4 nitrogen and oxygen atoms in total. The fourth-order valence-electron chi connectivity index (χ4n) is 4.03. The van der Waals surface area contributed by atoms with E-state index in [1.807, 2.05) is 12.2 Å². The second-order valence-corrected chi connectivity index (χ2v) is 8.14. The van der Waals surface area contributed by atoms with Crippen LogP contribution in [0.25, 0.3) is 12.2 Å². The first-order valence-electron chi connectivity index (χ1n) is 10.8. The van der Waals surface area contributed by atoms with E-state index < -0.39 is 0 Å². The highest BCUT2D eigenvalue weighted by Gasteiger charge is 2.24. The van der Waals surface area contributed by atoms with E-state index >= 15 is 0 Å². The van der Waals surface area contributed by atoms with Crippen molar-refractivity contribution in [1.82, 2.24) is 9.80 Å². The lowest BCUT2D eigenvalue weighted by Gasteiger charge is -2.09. The normalized spacial score (nSPS) is 15.9. The number of benzene rings is 2. The molecule has 0 N–H and O–H groups in total. The quantitative estimate of drug-likeness (QED) is 0.599. The van der Waals surface area contributed by atoms with Crippen LogP contribution in [0.5, 0.6) is 0 Å². The van der Waals surface area contributed by atoms with Crippen LogP contribution in [0, 0.1) is 0 Å². The Morgan fingerprint density at radius 1 is 0.667 bits per heavy atom. The van der Waals surface area contributed by atoms with Crippen LogP contribution in [0.4, 0.5) is 0 Å². The van der Waals surface area contributed by atoms with E-state index in [4.69, 9.17) is 0 Å². The Morgan fingerprint density at radius 2 is 1.07 bits per heavy atom. The molecule has 2 aromatic rings. The first-order chi connectivity index (χ1) is 14.7. The molecular weight excluding hydrogens is 368 g/mol. The molecule has 0 atom stereocenters. The van der Waals surface area contributed by atoms with Crippen LogP contribution in [0.3, 0.4) is 0 Å². The van der Waals surface area contributed by atoms with Gasteiger partial charge in [0.05, 0.1) is 0 Å². The van der Waals surface area contributed by atoms with Gasteiger partial charge in [-0.25, -0.2) is 0 Å². The lowest BCUT2D eigenvalue weighted by Crippen LogP contribution is -2.32. The van der Waals surface area contributed by atoms with Crippen molar-refractivity contribution in [3.63, 3.8) is 0 Å². The van der Waals surface area contributed by atoms with E-state index in [-0.39, 0.29) is 0 Å². The molecule has 30 heavy (non-hydrogen) atoms. The zero-order chi connectivity index (χ0) is 20.8. The number of rotatable bonds is 9. The SMILES string of the molecule is C=Cc1ccc(C[N+]2=CN(CCN3C=[N+](Cc4ccc(C=C)cc4)CC3)CC2)cc1. The van der Waals surface area contributed by atoms with Gasteiger partial charge in [-0.05, 0) is 22.3 Å². The summed E-state index contributed by atoms with van der Waals surface area (Å²) >= 11 is 0. The molecule has 154 valence electrons. The van der Waals surface area contributed by atoms with Gasteiger partial charge < -0.3 is 0 Å². The summed E-state index contributed by atoms with van der Waals surface area (Å²) in [5.41, 5.74) is 5.05. The molecule has 0 fully saturated rings. The summed E-state index contributed by atoms with van der Waals surface area (Å²) in [5, 5.41) is 0. The summed E-state index contributed by atoms with van der Waals surface area (Å²) in [7, 11) is 0. The van der Waals surface area contributed by atoms with Gasteiger partial charge in [0.2, 0.25) is 12.7 Å². The maximum absolute atomic E-state index is 3.82. The molecule has 0 amide bonds. The predicted molar refractivity (Wildman–Crippen MR) is 126 cm³/mol. The fourth-order valence-corrected chi connectivity index (χ4v) is 4.03. The second kappa shape index (κ2) is 9.57. The van der Waals surface area contributed by atoms with Crippen molar-refractivity contribution in [2.45, 2.75) is 13.1 Å². The van der Waals surface area contributed by atoms with Gasteiger partial charge in [-0.1, -0.05) is 73.8 Å². The highest BCUT2D eigenvalue weighted by atomic mass is 15.3. The molecule has 0 unspecified atom stereocenters. The molecule has 2 heterocycles. The Morgan fingerprint density at radius 3 is 1.43 bits per heavy atom. The Labute approximate surface area is 180 Å². The first-order valence-corrected chi connectivity index (χ1v) is 10.8. The van der Waals surface area contributed by atoms with Crippen molar-refractivity contribution < 1.29 is 9.15 Å².